The highest BCUT2D eigenvalue weighted by atomic mass is 79.9. The third kappa shape index (κ3) is 2.75. The number of nitrogens with zero attached hydrogens (tertiary/aromatic N) is 2. The molecule has 2 heterocycles. The Hall–Kier alpha value is -1.62. The number of carbonyl (C=O) groups is 1. The van der Waals surface area contributed by atoms with Crippen molar-refractivity contribution in [2.75, 3.05) is 11.9 Å². The standard InChI is InChI=1S/C16H18BrN3O/c1-2-7-20-16(13(17)10-19-20)15(21)8-11-9-18-14-6-4-3-5-12(11)14/h3-6,10-11,18H,2,7-9H2,1H3. The average molecular weight is 348 g/mol. The number of benzene rings is 1. The van der Waals surface area contributed by atoms with Gasteiger partial charge in [0.25, 0.3) is 0 Å². The van der Waals surface area contributed by atoms with Gasteiger partial charge < -0.3 is 5.32 Å². The Morgan fingerprint density at radius 2 is 2.29 bits per heavy atom. The molecule has 0 saturated carbocycles. The molecule has 4 nitrogen and oxygen atoms in total. The van der Waals surface area contributed by atoms with Gasteiger partial charge in [0.2, 0.25) is 0 Å². The summed E-state index contributed by atoms with van der Waals surface area (Å²) in [6, 6.07) is 8.21. The van der Waals surface area contributed by atoms with Gasteiger partial charge in [0.1, 0.15) is 5.69 Å². The van der Waals surface area contributed by atoms with E-state index in [4.69, 9.17) is 0 Å². The summed E-state index contributed by atoms with van der Waals surface area (Å²) in [6.07, 6.45) is 3.18. The minimum absolute atomic E-state index is 0.149. The van der Waals surface area contributed by atoms with E-state index in [0.717, 1.165) is 29.7 Å². The maximum atomic E-state index is 12.7. The number of Topliss-reactive ketones (excluding diaryl/α,β-unsaturated/α-hetero) is 1. The number of hydrogen-bond acceptors (Lipinski definition) is 3. The van der Waals surface area contributed by atoms with Gasteiger partial charge in [-0.3, -0.25) is 9.48 Å². The maximum absolute atomic E-state index is 12.7. The Morgan fingerprint density at radius 3 is 3.10 bits per heavy atom. The zero-order chi connectivity index (χ0) is 14.8. The minimum Gasteiger partial charge on any atom is -0.384 e. The topological polar surface area (TPSA) is 46.9 Å². The zero-order valence-corrected chi connectivity index (χ0v) is 13.6. The van der Waals surface area contributed by atoms with E-state index in [0.29, 0.717) is 12.1 Å². The molecule has 5 heteroatoms. The lowest BCUT2D eigenvalue weighted by Crippen LogP contribution is -2.15. The van der Waals surface area contributed by atoms with Gasteiger partial charge >= 0.3 is 0 Å². The predicted molar refractivity (Wildman–Crippen MR) is 86.8 cm³/mol. The van der Waals surface area contributed by atoms with Gasteiger partial charge in [-0.15, -0.1) is 0 Å². The lowest BCUT2D eigenvalue weighted by atomic mass is 9.95. The lowest BCUT2D eigenvalue weighted by Gasteiger charge is -2.11. The van der Waals surface area contributed by atoms with Gasteiger partial charge in [0.15, 0.2) is 5.78 Å². The Morgan fingerprint density at radius 1 is 1.48 bits per heavy atom. The number of nitrogens with one attached hydrogen (secondary N) is 1. The van der Waals surface area contributed by atoms with Crippen LogP contribution in [0.25, 0.3) is 0 Å². The Balaban J connectivity index is 1.80. The summed E-state index contributed by atoms with van der Waals surface area (Å²) in [5.74, 6) is 0.391. The monoisotopic (exact) mass is 347 g/mol. The highest BCUT2D eigenvalue weighted by Gasteiger charge is 2.26. The smallest absolute Gasteiger partial charge is 0.182 e. The first-order valence-electron chi connectivity index (χ1n) is 7.28. The fourth-order valence-corrected chi connectivity index (χ4v) is 3.40. The molecule has 0 bridgehead atoms. The summed E-state index contributed by atoms with van der Waals surface area (Å²) >= 11 is 3.45. The first-order chi connectivity index (χ1) is 10.2. The third-order valence-electron chi connectivity index (χ3n) is 3.87. The van der Waals surface area contributed by atoms with E-state index >= 15 is 0 Å². The molecule has 1 aromatic carbocycles. The van der Waals surface area contributed by atoms with Crippen LogP contribution in [0.5, 0.6) is 0 Å². The van der Waals surface area contributed by atoms with E-state index < -0.39 is 0 Å². The normalized spacial score (nSPS) is 16.6. The minimum atomic E-state index is 0.149. The average Bonchev–Trinajstić information content (AvgIpc) is 3.04. The van der Waals surface area contributed by atoms with Crippen LogP contribution in [-0.4, -0.2) is 22.1 Å². The molecule has 0 fully saturated rings. The van der Waals surface area contributed by atoms with Crippen molar-refractivity contribution in [3.63, 3.8) is 0 Å². The second kappa shape index (κ2) is 6.02. The van der Waals surface area contributed by atoms with Crippen molar-refractivity contribution < 1.29 is 4.79 Å². The van der Waals surface area contributed by atoms with Crippen molar-refractivity contribution in [2.45, 2.75) is 32.2 Å². The largest absolute Gasteiger partial charge is 0.384 e. The number of ketones is 1. The van der Waals surface area contributed by atoms with Crippen LogP contribution in [0.3, 0.4) is 0 Å². The molecule has 0 spiro atoms. The van der Waals surface area contributed by atoms with Gasteiger partial charge in [0, 0.05) is 31.1 Å². The Labute approximate surface area is 132 Å². The summed E-state index contributed by atoms with van der Waals surface area (Å²) in [4.78, 5) is 12.7. The van der Waals surface area contributed by atoms with Crippen molar-refractivity contribution in [1.29, 1.82) is 0 Å². The highest BCUT2D eigenvalue weighted by molar-refractivity contribution is 9.10. The molecule has 1 aliphatic rings. The second-order valence-corrected chi connectivity index (χ2v) is 6.21. The molecule has 0 radical (unpaired) electrons. The van der Waals surface area contributed by atoms with E-state index in [1.54, 1.807) is 10.9 Å². The number of para-hydroxylation sites is 1. The molecular formula is C16H18BrN3O. The molecule has 1 aromatic heterocycles. The van der Waals surface area contributed by atoms with Crippen LogP contribution in [0.2, 0.25) is 0 Å². The predicted octanol–water partition coefficient (Wildman–Crippen LogP) is 3.84. The number of halogens is 1. The fourth-order valence-electron chi connectivity index (χ4n) is 2.88. The van der Waals surface area contributed by atoms with Gasteiger partial charge in [-0.1, -0.05) is 25.1 Å². The van der Waals surface area contributed by atoms with Crippen molar-refractivity contribution in [1.82, 2.24) is 9.78 Å². The second-order valence-electron chi connectivity index (χ2n) is 5.36. The van der Waals surface area contributed by atoms with Crippen LogP contribution in [0.15, 0.2) is 34.9 Å². The van der Waals surface area contributed by atoms with Gasteiger partial charge in [-0.25, -0.2) is 0 Å². The van der Waals surface area contributed by atoms with Crippen molar-refractivity contribution in [2.24, 2.45) is 0 Å². The molecule has 1 aliphatic heterocycles. The van der Waals surface area contributed by atoms with Crippen LogP contribution in [0.4, 0.5) is 5.69 Å². The first kappa shape index (κ1) is 14.3. The van der Waals surface area contributed by atoms with Crippen molar-refractivity contribution in [3.05, 3.63) is 46.2 Å². The van der Waals surface area contributed by atoms with Gasteiger partial charge in [0.05, 0.1) is 10.7 Å². The zero-order valence-electron chi connectivity index (χ0n) is 12.0. The molecule has 3 rings (SSSR count). The van der Waals surface area contributed by atoms with Crippen LogP contribution < -0.4 is 5.32 Å². The molecule has 1 atom stereocenters. The number of fused-ring (bicyclic) bond motifs is 1. The van der Waals surface area contributed by atoms with E-state index in [1.165, 1.54) is 5.56 Å². The lowest BCUT2D eigenvalue weighted by molar-refractivity contribution is 0.0964. The molecule has 110 valence electrons. The van der Waals surface area contributed by atoms with E-state index in [2.05, 4.69) is 45.4 Å². The molecule has 0 aliphatic carbocycles. The molecule has 2 aromatic rings. The first-order valence-corrected chi connectivity index (χ1v) is 8.07. The van der Waals surface area contributed by atoms with E-state index in [-0.39, 0.29) is 11.7 Å². The quantitative estimate of drug-likeness (QED) is 0.836. The highest BCUT2D eigenvalue weighted by Crippen LogP contribution is 2.34. The molecule has 1 unspecified atom stereocenters. The number of anilines is 1. The summed E-state index contributed by atoms with van der Waals surface area (Å²) in [6.45, 7) is 3.68. The SMILES string of the molecule is CCCn1ncc(Br)c1C(=O)CC1CNc2ccccc21. The van der Waals surface area contributed by atoms with Crippen LogP contribution in [-0.2, 0) is 6.54 Å². The molecule has 0 saturated heterocycles. The molecular weight excluding hydrogens is 330 g/mol. The van der Waals surface area contributed by atoms with Crippen LogP contribution in [0.1, 0.15) is 41.7 Å². The summed E-state index contributed by atoms with van der Waals surface area (Å²) in [7, 11) is 0. The maximum Gasteiger partial charge on any atom is 0.182 e. The van der Waals surface area contributed by atoms with Gasteiger partial charge in [-0.05, 0) is 34.0 Å². The van der Waals surface area contributed by atoms with E-state index in [9.17, 15) is 4.79 Å². The number of carbonyl (C=O) groups excluding carboxylic acids is 1. The number of aromatic nitrogens is 2. The number of hydrogen-bond donors (Lipinski definition) is 1. The molecule has 21 heavy (non-hydrogen) atoms. The fraction of sp³-hybridized carbons (Fsp3) is 0.375. The molecule has 0 amide bonds. The van der Waals surface area contributed by atoms with Gasteiger partial charge in [-0.2, -0.15) is 5.10 Å². The number of aryl methyl sites for hydroxylation is 1. The van der Waals surface area contributed by atoms with Crippen molar-refractivity contribution in [3.8, 4) is 0 Å². The Kier molecular flexibility index (Phi) is 4.10. The number of rotatable bonds is 5. The van der Waals surface area contributed by atoms with Crippen LogP contribution in [0, 0.1) is 0 Å². The summed E-state index contributed by atoms with van der Waals surface area (Å²) < 4.78 is 2.60. The summed E-state index contributed by atoms with van der Waals surface area (Å²) in [5.41, 5.74) is 3.08. The van der Waals surface area contributed by atoms with E-state index in [1.807, 2.05) is 12.1 Å². The summed E-state index contributed by atoms with van der Waals surface area (Å²) in [5, 5.41) is 7.65. The Bertz CT molecular complexity index is 665. The van der Waals surface area contributed by atoms with Crippen molar-refractivity contribution >= 4 is 27.4 Å². The molecule has 1 N–H and O–H groups in total. The third-order valence-corrected chi connectivity index (χ3v) is 4.45. The van der Waals surface area contributed by atoms with Crippen LogP contribution >= 0.6 is 15.9 Å².